The van der Waals surface area contributed by atoms with Gasteiger partial charge in [-0.3, -0.25) is 9.59 Å². The van der Waals surface area contributed by atoms with E-state index in [0.717, 1.165) is 0 Å². The highest BCUT2D eigenvalue weighted by Gasteiger charge is 3.12. The number of nitrogens with zero attached hydrogens (tertiary/aromatic N) is 1. The summed E-state index contributed by atoms with van der Waals surface area (Å²) in [5.74, 6) is 2.54. The molecule has 2 amide bonds. The fourth-order valence-electron chi connectivity index (χ4n) is 8.62. The molecule has 0 unspecified atom stereocenters. The van der Waals surface area contributed by atoms with Gasteiger partial charge in [-0.15, -0.1) is 11.3 Å². The number of carbonyl (C=O) groups excluding carboxylic acids is 2. The average Bonchev–Trinajstić information content (AvgIpc) is 3.23. The van der Waals surface area contributed by atoms with Crippen LogP contribution in [0.2, 0.25) is 0 Å². The summed E-state index contributed by atoms with van der Waals surface area (Å²) < 4.78 is 27.9. The zero-order chi connectivity index (χ0) is 19.2. The van der Waals surface area contributed by atoms with Crippen LogP contribution < -0.4 is 10.5 Å². The third kappa shape index (κ3) is 1.29. The van der Waals surface area contributed by atoms with E-state index in [2.05, 4.69) is 4.72 Å². The van der Waals surface area contributed by atoms with Crippen molar-refractivity contribution >= 4 is 33.2 Å². The molecule has 7 fully saturated rings. The van der Waals surface area contributed by atoms with Crippen LogP contribution >= 0.6 is 11.3 Å². The molecule has 28 heavy (non-hydrogen) atoms. The van der Waals surface area contributed by atoms with Gasteiger partial charge in [-0.25, -0.2) is 13.1 Å². The molecule has 0 radical (unpaired) electrons. The highest BCUT2D eigenvalue weighted by atomic mass is 32.2. The minimum atomic E-state index is -3.47. The second-order valence-electron chi connectivity index (χ2n) is 9.50. The Kier molecular flexibility index (Phi) is 2.62. The van der Waals surface area contributed by atoms with Crippen molar-refractivity contribution in [2.45, 2.75) is 23.1 Å². The Bertz CT molecular complexity index is 988. The number of rotatable bonds is 5. The van der Waals surface area contributed by atoms with E-state index >= 15 is 0 Å². The first-order valence-electron chi connectivity index (χ1n) is 10.0. The monoisotopic (exact) mass is 419 g/mol. The van der Waals surface area contributed by atoms with Gasteiger partial charge in [0, 0.05) is 19.1 Å². The molecule has 1 saturated heterocycles. The molecule has 6 saturated carbocycles. The van der Waals surface area contributed by atoms with Crippen LogP contribution in [0.25, 0.3) is 0 Å². The molecule has 0 atom stereocenters. The first-order valence-corrected chi connectivity index (χ1v) is 12.4. The topological polar surface area (TPSA) is 110 Å². The lowest BCUT2D eigenvalue weighted by atomic mass is 8.92. The summed E-state index contributed by atoms with van der Waals surface area (Å²) in [7, 11) is -3.47. The van der Waals surface area contributed by atoms with Crippen LogP contribution in [0.15, 0.2) is 21.7 Å². The molecular formula is C19H21N3O4S2. The number of likely N-dealkylation sites (tertiary alicyclic amines) is 1. The van der Waals surface area contributed by atoms with E-state index in [1.807, 2.05) is 4.90 Å². The number of sulfonamides is 1. The van der Waals surface area contributed by atoms with E-state index < -0.39 is 10.0 Å². The molecule has 9 heteroatoms. The maximum Gasteiger partial charge on any atom is 0.250 e. The minimum absolute atomic E-state index is 0.127. The fourth-order valence-corrected chi connectivity index (χ4v) is 10.9. The van der Waals surface area contributed by atoms with E-state index in [9.17, 15) is 18.0 Å². The summed E-state index contributed by atoms with van der Waals surface area (Å²) in [4.78, 5) is 27.1. The van der Waals surface area contributed by atoms with Gasteiger partial charge in [-0.2, -0.15) is 0 Å². The van der Waals surface area contributed by atoms with E-state index in [4.69, 9.17) is 5.73 Å². The zero-order valence-electron chi connectivity index (χ0n) is 15.1. The van der Waals surface area contributed by atoms with Gasteiger partial charge >= 0.3 is 0 Å². The first-order chi connectivity index (χ1) is 13.4. The smallest absolute Gasteiger partial charge is 0.250 e. The lowest BCUT2D eigenvalue weighted by Crippen LogP contribution is -3.12. The molecule has 0 aromatic carbocycles. The number of primary amides is 1. The van der Waals surface area contributed by atoms with Crippen LogP contribution in [0, 0.1) is 46.3 Å². The van der Waals surface area contributed by atoms with Crippen molar-refractivity contribution in [2.75, 3.05) is 13.1 Å². The summed E-state index contributed by atoms with van der Waals surface area (Å²) in [6.45, 7) is 1.21. The number of nitrogens with two attached hydrogens (primary N) is 1. The Morgan fingerprint density at radius 2 is 1.64 bits per heavy atom. The third-order valence-electron chi connectivity index (χ3n) is 9.29. The second-order valence-corrected chi connectivity index (χ2v) is 12.4. The van der Waals surface area contributed by atoms with Crippen LogP contribution in [0.3, 0.4) is 0 Å². The second kappa shape index (κ2) is 4.49. The van der Waals surface area contributed by atoms with Crippen molar-refractivity contribution in [3.8, 4) is 0 Å². The predicted octanol–water partition coefficient (Wildman–Crippen LogP) is 0.241. The number of hydrogen-bond donors (Lipinski definition) is 2. The number of piperidine rings is 1. The van der Waals surface area contributed by atoms with Crippen LogP contribution in [0.1, 0.15) is 12.8 Å². The van der Waals surface area contributed by atoms with Crippen LogP contribution in [-0.4, -0.2) is 44.3 Å². The van der Waals surface area contributed by atoms with E-state index in [0.29, 0.717) is 65.6 Å². The van der Waals surface area contributed by atoms with Gasteiger partial charge in [0.05, 0.1) is 10.8 Å². The summed E-state index contributed by atoms with van der Waals surface area (Å²) in [5.41, 5.74) is 5.28. The summed E-state index contributed by atoms with van der Waals surface area (Å²) in [6.07, 6.45) is 1.29. The summed E-state index contributed by atoms with van der Waals surface area (Å²) in [6, 6.07) is 3.21. The molecule has 1 aliphatic heterocycles. The van der Waals surface area contributed by atoms with Crippen LogP contribution in [0.4, 0.5) is 0 Å². The molecule has 1 aromatic heterocycles. The van der Waals surface area contributed by atoms with Gasteiger partial charge in [0.15, 0.2) is 0 Å². The SMILES string of the molecule is NC(=O)C12C3C4C1C1C2C3C41C(=O)N1CCC(NS(=O)(=O)c2cccs2)CC1. The maximum atomic E-state index is 13.3. The van der Waals surface area contributed by atoms with Crippen LogP contribution in [-0.2, 0) is 19.6 Å². The summed E-state index contributed by atoms with van der Waals surface area (Å²) >= 11 is 1.21. The molecule has 2 heterocycles. The molecule has 7 aliphatic rings. The van der Waals surface area contributed by atoms with E-state index in [1.165, 1.54) is 11.3 Å². The minimum Gasteiger partial charge on any atom is -0.369 e. The third-order valence-corrected chi connectivity index (χ3v) is 12.2. The predicted molar refractivity (Wildman–Crippen MR) is 99.2 cm³/mol. The Morgan fingerprint density at radius 1 is 1.07 bits per heavy atom. The number of amides is 2. The Balaban J connectivity index is 1.01. The van der Waals surface area contributed by atoms with E-state index in [-0.39, 0.29) is 28.7 Å². The van der Waals surface area contributed by atoms with E-state index in [1.54, 1.807) is 17.5 Å². The molecule has 148 valence electrons. The van der Waals surface area contributed by atoms with Crippen molar-refractivity contribution in [3.05, 3.63) is 17.5 Å². The number of thiophene rings is 1. The standard InChI is InChI=1S/C19H21N3O4S2/c20-16(23)18-10-13-11(18)15-12(18)14(10)19(13,15)17(24)22-5-3-8(4-6-22)21-28(25,26)9-2-1-7-27-9/h1-2,7-8,10-15,21H,3-6H2,(H2,20,23). The van der Waals surface area contributed by atoms with Crippen molar-refractivity contribution in [1.82, 2.24) is 9.62 Å². The molecular weight excluding hydrogens is 398 g/mol. The van der Waals surface area contributed by atoms with Crippen molar-refractivity contribution in [2.24, 2.45) is 52.1 Å². The van der Waals surface area contributed by atoms with Crippen molar-refractivity contribution < 1.29 is 18.0 Å². The average molecular weight is 420 g/mol. The molecule has 0 spiro atoms. The highest BCUT2D eigenvalue weighted by Crippen LogP contribution is 3.10. The van der Waals surface area contributed by atoms with Crippen LogP contribution in [0.5, 0.6) is 0 Å². The van der Waals surface area contributed by atoms with Crippen molar-refractivity contribution in [3.63, 3.8) is 0 Å². The largest absolute Gasteiger partial charge is 0.369 e. The molecule has 8 rings (SSSR count). The van der Waals surface area contributed by atoms with Crippen molar-refractivity contribution in [1.29, 1.82) is 0 Å². The quantitative estimate of drug-likeness (QED) is 0.712. The Morgan fingerprint density at radius 3 is 2.14 bits per heavy atom. The number of carbonyl (C=O) groups is 2. The van der Waals surface area contributed by atoms with Gasteiger partial charge in [0.1, 0.15) is 4.21 Å². The lowest BCUT2D eigenvalue weighted by molar-refractivity contribution is -0.625. The van der Waals surface area contributed by atoms with Gasteiger partial charge < -0.3 is 10.6 Å². The highest BCUT2D eigenvalue weighted by molar-refractivity contribution is 7.91. The number of hydrogen-bond acceptors (Lipinski definition) is 5. The fraction of sp³-hybridized carbons (Fsp3) is 0.684. The maximum absolute atomic E-state index is 13.3. The zero-order valence-corrected chi connectivity index (χ0v) is 16.7. The molecule has 3 N–H and O–H groups in total. The first kappa shape index (κ1) is 16.4. The van der Waals surface area contributed by atoms with Gasteiger partial charge in [-0.05, 0) is 59.8 Å². The number of nitrogens with one attached hydrogen (secondary N) is 1. The lowest BCUT2D eigenvalue weighted by Gasteiger charge is -3.09. The molecule has 6 aliphatic carbocycles. The van der Waals surface area contributed by atoms with Gasteiger partial charge in [-0.1, -0.05) is 6.07 Å². The molecule has 1 aromatic rings. The molecule has 7 nitrogen and oxygen atoms in total. The normalized spacial score (nSPS) is 49.1. The van der Waals surface area contributed by atoms with Gasteiger partial charge in [0.25, 0.3) is 0 Å². The van der Waals surface area contributed by atoms with Gasteiger partial charge in [0.2, 0.25) is 21.8 Å². The Hall–Kier alpha value is -1.45. The molecule has 0 bridgehead atoms. The summed E-state index contributed by atoms with van der Waals surface area (Å²) in [5, 5.41) is 1.75. The Labute approximate surface area is 166 Å².